The highest BCUT2D eigenvalue weighted by Crippen LogP contribution is 2.37. The normalized spacial score (nSPS) is 17.3. The van der Waals surface area contributed by atoms with E-state index in [0.29, 0.717) is 5.82 Å². The minimum atomic E-state index is -4.52. The number of amides is 1. The third kappa shape index (κ3) is 5.03. The second-order valence-corrected chi connectivity index (χ2v) is 10.2. The molecule has 1 amide bonds. The summed E-state index contributed by atoms with van der Waals surface area (Å²) in [5.41, 5.74) is 1.47. The lowest BCUT2D eigenvalue weighted by Gasteiger charge is -2.40. The van der Waals surface area contributed by atoms with Gasteiger partial charge in [-0.05, 0) is 25.0 Å². The molecule has 0 radical (unpaired) electrons. The minimum Gasteiger partial charge on any atom is -0.347 e. The van der Waals surface area contributed by atoms with Gasteiger partial charge in [-0.2, -0.15) is 18.3 Å². The number of fused-ring (bicyclic) bond motifs is 1. The van der Waals surface area contributed by atoms with Gasteiger partial charge in [-0.25, -0.2) is 17.7 Å². The highest BCUT2D eigenvalue weighted by Gasteiger charge is 2.41. The number of carbonyl (C=O) groups is 1. The summed E-state index contributed by atoms with van der Waals surface area (Å²) in [5.74, 6) is -0.0739. The smallest absolute Gasteiger partial charge is 0.347 e. The second-order valence-electron chi connectivity index (χ2n) is 8.23. The monoisotopic (exact) mass is 484 g/mol. The molecule has 1 fully saturated rings. The number of halogens is 3. The van der Waals surface area contributed by atoms with Crippen molar-refractivity contribution in [2.24, 2.45) is 0 Å². The Morgan fingerprint density at radius 3 is 2.64 bits per heavy atom. The molecule has 33 heavy (non-hydrogen) atoms. The molecule has 0 saturated carbocycles. The zero-order valence-electron chi connectivity index (χ0n) is 17.8. The molecular weight excluding hydrogens is 461 g/mol. The van der Waals surface area contributed by atoms with Gasteiger partial charge in [0.05, 0.1) is 24.4 Å². The first kappa shape index (κ1) is 23.2. The molecule has 1 aromatic heterocycles. The van der Waals surface area contributed by atoms with Crippen LogP contribution in [-0.4, -0.2) is 70.4 Å². The molecule has 178 valence electrons. The maximum absolute atomic E-state index is 12.6. The Bertz CT molecular complexity index is 1210. The van der Waals surface area contributed by atoms with Gasteiger partial charge in [0.2, 0.25) is 15.9 Å². The van der Waals surface area contributed by atoms with Crippen LogP contribution >= 0.6 is 0 Å². The van der Waals surface area contributed by atoms with E-state index in [2.05, 4.69) is 15.1 Å². The lowest BCUT2D eigenvalue weighted by Crippen LogP contribution is -2.50. The van der Waals surface area contributed by atoms with Crippen molar-refractivity contribution in [3.8, 4) is 22.5 Å². The van der Waals surface area contributed by atoms with E-state index < -0.39 is 34.2 Å². The molecule has 0 unspecified atom stereocenters. The SMILES string of the molecule is CS(=O)(=O)N1CCC(CC(=O)NCC(F)(F)F)(n2cc(-c3cnc4[nH]cccc3-4)cn2)CC1. The lowest BCUT2D eigenvalue weighted by molar-refractivity contribution is -0.140. The van der Waals surface area contributed by atoms with Crippen LogP contribution in [0.5, 0.6) is 0 Å². The molecule has 9 nitrogen and oxygen atoms in total. The molecule has 1 aromatic rings. The Hall–Kier alpha value is -2.93. The van der Waals surface area contributed by atoms with Crippen molar-refractivity contribution in [3.63, 3.8) is 0 Å². The summed E-state index contributed by atoms with van der Waals surface area (Å²) < 4.78 is 64.5. The van der Waals surface area contributed by atoms with Crippen LogP contribution in [0.1, 0.15) is 19.3 Å². The number of sulfonamides is 1. The largest absolute Gasteiger partial charge is 0.405 e. The first-order chi connectivity index (χ1) is 15.5. The third-order valence-electron chi connectivity index (χ3n) is 5.92. The first-order valence-corrected chi connectivity index (χ1v) is 12.1. The van der Waals surface area contributed by atoms with Crippen LogP contribution in [0.3, 0.4) is 0 Å². The van der Waals surface area contributed by atoms with Crippen LogP contribution in [0.15, 0.2) is 36.9 Å². The predicted molar refractivity (Wildman–Crippen MR) is 114 cm³/mol. The van der Waals surface area contributed by atoms with E-state index in [4.69, 9.17) is 0 Å². The fourth-order valence-corrected chi connectivity index (χ4v) is 5.03. The average molecular weight is 485 g/mol. The standard InChI is InChI=1S/C20H23F3N6O3S/c1-33(31,32)28-7-4-19(5-8-28,9-17(30)26-13-20(21,22)23)29-12-14(10-27-29)16-11-25-18-15(16)3-2-6-24-18/h2-3,6,10-12H,4-5,7-9,13H2,1H3,(H,24,25)(H,26,30). The number of hydrogen-bond donors (Lipinski definition) is 2. The fraction of sp³-hybridized carbons (Fsp3) is 0.450. The van der Waals surface area contributed by atoms with Crippen molar-refractivity contribution in [1.29, 1.82) is 0 Å². The Morgan fingerprint density at radius 1 is 1.24 bits per heavy atom. The zero-order chi connectivity index (χ0) is 23.9. The van der Waals surface area contributed by atoms with Crippen molar-refractivity contribution >= 4 is 15.9 Å². The average Bonchev–Trinajstić information content (AvgIpc) is 3.39. The number of aromatic amines is 1. The van der Waals surface area contributed by atoms with E-state index in [9.17, 15) is 26.4 Å². The number of rotatable bonds is 6. The van der Waals surface area contributed by atoms with Crippen molar-refractivity contribution in [2.45, 2.75) is 31.0 Å². The Kier molecular flexibility index (Phi) is 5.95. The summed E-state index contributed by atoms with van der Waals surface area (Å²) in [6, 6.07) is 3.74. The van der Waals surface area contributed by atoms with E-state index in [1.807, 2.05) is 17.4 Å². The van der Waals surface area contributed by atoms with Gasteiger partial charge >= 0.3 is 6.18 Å². The molecule has 13 heteroatoms. The molecule has 4 rings (SSSR count). The molecule has 2 N–H and O–H groups in total. The number of piperidine rings is 1. The molecule has 0 bridgehead atoms. The van der Waals surface area contributed by atoms with E-state index in [-0.39, 0.29) is 32.4 Å². The van der Waals surface area contributed by atoms with Crippen molar-refractivity contribution in [3.05, 3.63) is 36.9 Å². The van der Waals surface area contributed by atoms with Gasteiger partial charge in [-0.1, -0.05) is 0 Å². The summed E-state index contributed by atoms with van der Waals surface area (Å²) >= 11 is 0. The summed E-state index contributed by atoms with van der Waals surface area (Å²) in [5, 5.41) is 6.35. The number of carbonyl (C=O) groups excluding carboxylic acids is 1. The van der Waals surface area contributed by atoms with Crippen LogP contribution < -0.4 is 5.32 Å². The zero-order valence-corrected chi connectivity index (χ0v) is 18.6. The second kappa shape index (κ2) is 8.45. The first-order valence-electron chi connectivity index (χ1n) is 10.2. The number of nitrogens with zero attached hydrogens (tertiary/aromatic N) is 4. The van der Waals surface area contributed by atoms with Crippen LogP contribution in [0.2, 0.25) is 0 Å². The number of nitrogens with one attached hydrogen (secondary N) is 2. The summed E-state index contributed by atoms with van der Waals surface area (Å²) in [6.07, 6.45) is 3.58. The molecular formula is C20H23F3N6O3S. The lowest BCUT2D eigenvalue weighted by atomic mass is 9.84. The number of H-pyrrole nitrogens is 1. The number of pyridine rings is 1. The Labute approximate surface area is 188 Å². The van der Waals surface area contributed by atoms with E-state index in [1.165, 1.54) is 4.31 Å². The molecule has 0 aliphatic carbocycles. The van der Waals surface area contributed by atoms with E-state index >= 15 is 0 Å². The van der Waals surface area contributed by atoms with Gasteiger partial charge in [-0.15, -0.1) is 0 Å². The number of hydrogen-bond acceptors (Lipinski definition) is 5. The molecule has 0 spiro atoms. The predicted octanol–water partition coefficient (Wildman–Crippen LogP) is 2.20. The van der Waals surface area contributed by atoms with Crippen LogP contribution in [0, 0.1) is 0 Å². The van der Waals surface area contributed by atoms with Gasteiger partial charge in [-0.3, -0.25) is 9.48 Å². The van der Waals surface area contributed by atoms with Crippen molar-refractivity contribution in [2.75, 3.05) is 25.9 Å². The molecule has 3 aliphatic rings. The van der Waals surface area contributed by atoms with Gasteiger partial charge in [0.1, 0.15) is 12.4 Å². The van der Waals surface area contributed by atoms with E-state index in [0.717, 1.165) is 22.9 Å². The highest BCUT2D eigenvalue weighted by molar-refractivity contribution is 7.88. The van der Waals surface area contributed by atoms with Crippen LogP contribution in [0.25, 0.3) is 22.5 Å². The van der Waals surface area contributed by atoms with Crippen LogP contribution in [0.4, 0.5) is 13.2 Å². The van der Waals surface area contributed by atoms with Crippen molar-refractivity contribution < 1.29 is 26.4 Å². The topological polar surface area (TPSA) is 113 Å². The third-order valence-corrected chi connectivity index (χ3v) is 7.23. The maximum atomic E-state index is 12.6. The van der Waals surface area contributed by atoms with Gasteiger partial charge in [0.15, 0.2) is 0 Å². The van der Waals surface area contributed by atoms with Gasteiger partial charge < -0.3 is 10.3 Å². The molecule has 0 aromatic carbocycles. The van der Waals surface area contributed by atoms with Crippen molar-refractivity contribution in [1.82, 2.24) is 29.4 Å². The molecule has 1 saturated heterocycles. The molecule has 3 aliphatic heterocycles. The Balaban J connectivity index is 1.62. The quantitative estimate of drug-likeness (QED) is 0.557. The molecule has 0 atom stereocenters. The highest BCUT2D eigenvalue weighted by atomic mass is 32.2. The minimum absolute atomic E-state index is 0.135. The maximum Gasteiger partial charge on any atom is 0.405 e. The molecule has 4 heterocycles. The summed E-state index contributed by atoms with van der Waals surface area (Å²) in [4.78, 5) is 19.8. The number of aromatic nitrogens is 4. The van der Waals surface area contributed by atoms with Gasteiger partial charge in [0.25, 0.3) is 0 Å². The summed E-state index contributed by atoms with van der Waals surface area (Å²) in [6.45, 7) is -1.16. The van der Waals surface area contributed by atoms with Crippen LogP contribution in [-0.2, 0) is 20.4 Å². The number of alkyl halides is 3. The summed E-state index contributed by atoms with van der Waals surface area (Å²) in [7, 11) is -3.43. The Morgan fingerprint density at radius 2 is 1.97 bits per heavy atom. The van der Waals surface area contributed by atoms with Gasteiger partial charge in [0, 0.05) is 48.4 Å². The fourth-order valence-electron chi connectivity index (χ4n) is 4.18. The van der Waals surface area contributed by atoms with E-state index in [1.54, 1.807) is 29.5 Å².